The molecule has 0 fully saturated rings. The van der Waals surface area contributed by atoms with Crippen molar-refractivity contribution in [3.05, 3.63) is 62.9 Å². The van der Waals surface area contributed by atoms with Crippen molar-refractivity contribution in [3.8, 4) is 11.3 Å². The summed E-state index contributed by atoms with van der Waals surface area (Å²) in [7, 11) is 0. The van der Waals surface area contributed by atoms with Crippen LogP contribution in [-0.4, -0.2) is 32.2 Å². The summed E-state index contributed by atoms with van der Waals surface area (Å²) in [6.07, 6.45) is 0.851. The van der Waals surface area contributed by atoms with Gasteiger partial charge < -0.3 is 10.6 Å². The number of carbonyl (C=O) groups excluding carboxylic acids is 2. The number of nitrogens with zero attached hydrogens (tertiary/aromatic N) is 2. The Morgan fingerprint density at radius 1 is 0.971 bits per heavy atom. The molecular weight excluding hydrogens is 462 g/mol. The van der Waals surface area contributed by atoms with Gasteiger partial charge >= 0.3 is 0 Å². The van der Waals surface area contributed by atoms with Gasteiger partial charge in [-0.15, -0.1) is 10.2 Å². The molecule has 2 amide bonds. The topological polar surface area (TPSA) is 117 Å². The number of rotatable bonds is 8. The van der Waals surface area contributed by atoms with Gasteiger partial charge in [0.2, 0.25) is 11.8 Å². The van der Waals surface area contributed by atoms with Crippen LogP contribution in [-0.2, 0) is 9.59 Å². The van der Waals surface area contributed by atoms with Crippen molar-refractivity contribution in [1.29, 1.82) is 0 Å². The highest BCUT2D eigenvalue weighted by Gasteiger charge is 2.22. The Bertz CT molecular complexity index is 1300. The van der Waals surface area contributed by atoms with Gasteiger partial charge in [-0.05, 0) is 57.4 Å². The van der Waals surface area contributed by atoms with Gasteiger partial charge in [0.15, 0.2) is 10.9 Å². The largest absolute Gasteiger partial charge is 0.325 e. The number of thioether (sulfide) groups is 1. The van der Waals surface area contributed by atoms with E-state index in [2.05, 4.69) is 25.8 Å². The second kappa shape index (κ2) is 11.3. The van der Waals surface area contributed by atoms with Crippen LogP contribution >= 0.6 is 11.8 Å². The predicted octanol–water partition coefficient (Wildman–Crippen LogP) is 4.92. The number of hydrogen-bond acceptors (Lipinski definition) is 6. The van der Waals surface area contributed by atoms with Gasteiger partial charge in [-0.2, -0.15) is 0 Å². The van der Waals surface area contributed by atoms with E-state index in [9.17, 15) is 14.4 Å². The summed E-state index contributed by atoms with van der Waals surface area (Å²) in [6, 6.07) is 9.44. The minimum absolute atomic E-state index is 0.104. The molecule has 184 valence electrons. The van der Waals surface area contributed by atoms with Gasteiger partial charge in [0, 0.05) is 17.7 Å². The van der Waals surface area contributed by atoms with E-state index in [0.717, 1.165) is 39.7 Å². The molecule has 3 N–H and O–H groups in total. The lowest BCUT2D eigenvalue weighted by molar-refractivity contribution is -0.116. The van der Waals surface area contributed by atoms with Crippen LogP contribution in [0.25, 0.3) is 11.3 Å². The zero-order chi connectivity index (χ0) is 25.7. The molecule has 0 aliphatic rings. The van der Waals surface area contributed by atoms with Crippen molar-refractivity contribution in [1.82, 2.24) is 15.2 Å². The Kier molecular flexibility index (Phi) is 8.45. The first-order valence-corrected chi connectivity index (χ1v) is 12.4. The molecule has 1 atom stereocenters. The van der Waals surface area contributed by atoms with Crippen LogP contribution in [0.5, 0.6) is 0 Å². The van der Waals surface area contributed by atoms with Crippen LogP contribution in [0.15, 0.2) is 40.3 Å². The third kappa shape index (κ3) is 6.36. The number of nitrogens with one attached hydrogen (secondary N) is 3. The van der Waals surface area contributed by atoms with E-state index >= 15 is 0 Å². The summed E-state index contributed by atoms with van der Waals surface area (Å²) in [5.41, 5.74) is 5.50. The number of H-pyrrole nitrogens is 1. The van der Waals surface area contributed by atoms with Crippen LogP contribution in [0.2, 0.25) is 0 Å². The maximum Gasteiger partial charge on any atom is 0.278 e. The smallest absolute Gasteiger partial charge is 0.278 e. The number of benzene rings is 2. The van der Waals surface area contributed by atoms with Crippen molar-refractivity contribution in [3.63, 3.8) is 0 Å². The van der Waals surface area contributed by atoms with Crippen LogP contribution in [0.1, 0.15) is 48.9 Å². The molecule has 35 heavy (non-hydrogen) atoms. The second-order valence-electron chi connectivity index (χ2n) is 8.54. The third-order valence-electron chi connectivity index (χ3n) is 5.54. The van der Waals surface area contributed by atoms with E-state index in [1.165, 1.54) is 0 Å². The van der Waals surface area contributed by atoms with Crippen molar-refractivity contribution in [2.75, 3.05) is 10.6 Å². The Labute approximate surface area is 209 Å². The normalized spacial score (nSPS) is 11.7. The first-order chi connectivity index (χ1) is 16.6. The van der Waals surface area contributed by atoms with Gasteiger partial charge in [-0.3, -0.25) is 19.4 Å². The Balaban J connectivity index is 1.84. The molecule has 9 heteroatoms. The highest BCUT2D eigenvalue weighted by atomic mass is 32.2. The highest BCUT2D eigenvalue weighted by molar-refractivity contribution is 8.00. The quantitative estimate of drug-likeness (QED) is 0.383. The zero-order valence-electron chi connectivity index (χ0n) is 20.9. The summed E-state index contributed by atoms with van der Waals surface area (Å²) in [4.78, 5) is 40.6. The molecule has 8 nitrogen and oxygen atoms in total. The molecule has 0 bridgehead atoms. The molecule has 3 rings (SSSR count). The van der Waals surface area contributed by atoms with Crippen molar-refractivity contribution in [2.45, 2.75) is 64.8 Å². The van der Waals surface area contributed by atoms with E-state index < -0.39 is 10.8 Å². The van der Waals surface area contributed by atoms with Crippen molar-refractivity contribution >= 4 is 35.0 Å². The van der Waals surface area contributed by atoms with E-state index in [0.29, 0.717) is 24.1 Å². The summed E-state index contributed by atoms with van der Waals surface area (Å²) < 4.78 is 0. The number of carbonyl (C=O) groups is 2. The van der Waals surface area contributed by atoms with Crippen LogP contribution in [0, 0.1) is 27.7 Å². The van der Waals surface area contributed by atoms with Gasteiger partial charge in [-0.25, -0.2) is 0 Å². The number of aromatic nitrogens is 3. The maximum atomic E-state index is 13.0. The summed E-state index contributed by atoms with van der Waals surface area (Å²) in [5, 5.41) is 13.9. The Morgan fingerprint density at radius 3 is 2.26 bits per heavy atom. The molecule has 2 aromatic carbocycles. The Hall–Kier alpha value is -3.46. The Morgan fingerprint density at radius 2 is 1.66 bits per heavy atom. The molecule has 0 spiro atoms. The molecule has 0 aliphatic heterocycles. The zero-order valence-corrected chi connectivity index (χ0v) is 21.7. The van der Waals surface area contributed by atoms with E-state index in [4.69, 9.17) is 0 Å². The first-order valence-electron chi connectivity index (χ1n) is 11.6. The summed E-state index contributed by atoms with van der Waals surface area (Å²) in [6.45, 7) is 11.5. The second-order valence-corrected chi connectivity index (χ2v) is 9.73. The lowest BCUT2D eigenvalue weighted by atomic mass is 10.0. The molecule has 0 aliphatic carbocycles. The average Bonchev–Trinajstić information content (AvgIpc) is 2.80. The fraction of sp³-hybridized carbons (Fsp3) is 0.346. The predicted molar refractivity (Wildman–Crippen MR) is 141 cm³/mol. The SMILES string of the molecule is CCC(=O)Nc1ccc(C)cc1-c1nnc(SC(CC)C(=O)Nc2c(C)cc(C)cc2C)[nH]c1=O. The van der Waals surface area contributed by atoms with E-state index in [-0.39, 0.29) is 22.7 Å². The number of hydrogen-bond donors (Lipinski definition) is 3. The van der Waals surface area contributed by atoms with Gasteiger partial charge in [0.1, 0.15) is 0 Å². The third-order valence-corrected chi connectivity index (χ3v) is 6.78. The number of amides is 2. The molecule has 1 heterocycles. The average molecular weight is 494 g/mol. The van der Waals surface area contributed by atoms with Gasteiger partial charge in [0.05, 0.1) is 10.9 Å². The van der Waals surface area contributed by atoms with E-state index in [1.807, 2.05) is 52.8 Å². The number of anilines is 2. The first kappa shape index (κ1) is 26.2. The van der Waals surface area contributed by atoms with Gasteiger partial charge in [-0.1, -0.05) is 54.9 Å². The lowest BCUT2D eigenvalue weighted by Gasteiger charge is -2.17. The molecule has 0 saturated carbocycles. The number of aryl methyl sites for hydroxylation is 4. The molecule has 1 aromatic heterocycles. The molecule has 0 saturated heterocycles. The lowest BCUT2D eigenvalue weighted by Crippen LogP contribution is -2.26. The number of aromatic amines is 1. The molecule has 0 radical (unpaired) electrons. The standard InChI is InChI=1S/C26H31N5O3S/c1-7-20(24(33)28-22-16(5)11-15(4)12-17(22)6)35-26-29-25(34)23(30-31-26)18-13-14(3)9-10-19(18)27-21(32)8-2/h9-13,20H,7-8H2,1-6H3,(H,27,32)(H,28,33)(H,29,31,34). The van der Waals surface area contributed by atoms with Gasteiger partial charge in [0.25, 0.3) is 5.56 Å². The summed E-state index contributed by atoms with van der Waals surface area (Å²) >= 11 is 1.16. The van der Waals surface area contributed by atoms with Crippen LogP contribution in [0.3, 0.4) is 0 Å². The minimum Gasteiger partial charge on any atom is -0.325 e. The van der Waals surface area contributed by atoms with Crippen LogP contribution < -0.4 is 16.2 Å². The van der Waals surface area contributed by atoms with Crippen LogP contribution in [0.4, 0.5) is 11.4 Å². The van der Waals surface area contributed by atoms with E-state index in [1.54, 1.807) is 19.1 Å². The molecule has 3 aromatic rings. The molecule has 1 unspecified atom stereocenters. The fourth-order valence-electron chi connectivity index (χ4n) is 3.79. The monoisotopic (exact) mass is 493 g/mol. The minimum atomic E-state index is -0.468. The van der Waals surface area contributed by atoms with Crippen molar-refractivity contribution in [2.24, 2.45) is 0 Å². The highest BCUT2D eigenvalue weighted by Crippen LogP contribution is 2.28. The summed E-state index contributed by atoms with van der Waals surface area (Å²) in [5.74, 6) is -0.329. The van der Waals surface area contributed by atoms with Crippen molar-refractivity contribution < 1.29 is 9.59 Å². The molecular formula is C26H31N5O3S. The fourth-order valence-corrected chi connectivity index (χ4v) is 4.63. The maximum absolute atomic E-state index is 13.0.